The zero-order valence-corrected chi connectivity index (χ0v) is 5.77. The molecule has 7 heavy (non-hydrogen) atoms. The third-order valence-electron chi connectivity index (χ3n) is 0.995. The Hall–Kier alpha value is -0.243. The van der Waals surface area contributed by atoms with Crippen molar-refractivity contribution in [1.82, 2.24) is 0 Å². The highest BCUT2D eigenvalue weighted by Gasteiger charge is 2.01. The molecule has 0 aromatic heterocycles. The van der Waals surface area contributed by atoms with Crippen LogP contribution < -0.4 is 0 Å². The molecule has 1 unspecified atom stereocenters. The first-order valence-electron chi connectivity index (χ1n) is 2.31. The van der Waals surface area contributed by atoms with Crippen LogP contribution in [0.3, 0.4) is 0 Å². The van der Waals surface area contributed by atoms with Gasteiger partial charge in [-0.1, -0.05) is 13.0 Å². The predicted molar refractivity (Wildman–Crippen MR) is 31.9 cm³/mol. The minimum Gasteiger partial charge on any atom is -0.388 e. The van der Waals surface area contributed by atoms with Gasteiger partial charge in [0.15, 0.2) is 0 Å². The zero-order chi connectivity index (χ0) is 5.86. The largest absolute Gasteiger partial charge is 0.388 e. The topological polar surface area (TPSA) is 17.1 Å². The Balaban J connectivity index is 3.55. The van der Waals surface area contributed by atoms with Gasteiger partial charge < -0.3 is 4.46 Å². The quantitative estimate of drug-likeness (QED) is 0.394. The van der Waals surface area contributed by atoms with Crippen molar-refractivity contribution in [3.8, 4) is 0 Å². The summed E-state index contributed by atoms with van der Waals surface area (Å²) in [7, 11) is -1.33. The Bertz CT molecular complexity index is 88.1. The molecule has 0 spiro atoms. The molecule has 1 atom stereocenters. The van der Waals surface area contributed by atoms with Crippen molar-refractivity contribution in [3.63, 3.8) is 0 Å². The summed E-state index contributed by atoms with van der Waals surface area (Å²) in [6.07, 6.45) is 1.72. The Morgan fingerprint density at radius 3 is 2.29 bits per heavy atom. The maximum atomic E-state index is 10.5. The second-order valence-corrected chi connectivity index (χ2v) is 3.77. The summed E-state index contributed by atoms with van der Waals surface area (Å²) in [4.78, 5) is 0. The first kappa shape index (κ1) is 6.76. The van der Waals surface area contributed by atoms with Crippen LogP contribution >= 0.6 is 0 Å². The first-order chi connectivity index (χ1) is 3.18. The highest BCUT2D eigenvalue weighted by molar-refractivity contribution is 6.43. The summed E-state index contributed by atoms with van der Waals surface area (Å²) < 4.78 is 10.5. The molecule has 0 heterocycles. The Kier molecular flexibility index (Phi) is 2.75. The molecule has 0 saturated heterocycles. The van der Waals surface area contributed by atoms with E-state index >= 15 is 0 Å². The Labute approximate surface area is 45.7 Å². The molecule has 0 fully saturated rings. The van der Waals surface area contributed by atoms with Crippen LogP contribution in [0.2, 0.25) is 12.1 Å². The van der Waals surface area contributed by atoms with Crippen LogP contribution in [0, 0.1) is 0 Å². The fraction of sp³-hybridized carbons (Fsp3) is 0.600. The van der Waals surface area contributed by atoms with Gasteiger partial charge in [0.05, 0.1) is 0 Å². The van der Waals surface area contributed by atoms with Crippen molar-refractivity contribution in [2.75, 3.05) is 0 Å². The predicted octanol–water partition coefficient (Wildman–Crippen LogP) is 1.61. The monoisotopic (exact) mass is 114 g/mol. The Morgan fingerprint density at radius 2 is 2.29 bits per heavy atom. The van der Waals surface area contributed by atoms with E-state index in [2.05, 4.69) is 6.58 Å². The van der Waals surface area contributed by atoms with E-state index < -0.39 is 8.68 Å². The molecule has 0 N–H and O–H groups in total. The molecule has 40 valence electrons. The van der Waals surface area contributed by atoms with Crippen molar-refractivity contribution < 1.29 is 4.46 Å². The van der Waals surface area contributed by atoms with Crippen LogP contribution in [0.15, 0.2) is 12.7 Å². The third-order valence-corrected chi connectivity index (χ3v) is 2.51. The number of hydrogen-bond donors (Lipinski definition) is 0. The molecular weight excluding hydrogens is 104 g/mol. The highest BCUT2D eigenvalue weighted by atomic mass is 28.3. The Morgan fingerprint density at radius 1 is 1.86 bits per heavy atom. The highest BCUT2D eigenvalue weighted by Crippen LogP contribution is 2.01. The van der Waals surface area contributed by atoms with E-state index in [0.29, 0.717) is 0 Å². The minimum atomic E-state index is -1.33. The van der Waals surface area contributed by atoms with Crippen LogP contribution in [0.25, 0.3) is 0 Å². The van der Waals surface area contributed by atoms with E-state index in [1.54, 1.807) is 12.6 Å². The van der Waals surface area contributed by atoms with Gasteiger partial charge in [-0.2, -0.15) is 0 Å². The van der Waals surface area contributed by atoms with Gasteiger partial charge in [0.25, 0.3) is 8.68 Å². The van der Waals surface area contributed by atoms with E-state index in [9.17, 15) is 4.46 Å². The molecule has 0 saturated carbocycles. The van der Waals surface area contributed by atoms with Crippen LogP contribution in [-0.4, -0.2) is 8.68 Å². The summed E-state index contributed by atoms with van der Waals surface area (Å²) in [5, 5.41) is 0. The lowest BCUT2D eigenvalue weighted by Crippen LogP contribution is -1.96. The van der Waals surface area contributed by atoms with Gasteiger partial charge in [0.1, 0.15) is 0 Å². The molecule has 0 amide bonds. The molecule has 0 aliphatic carbocycles. The summed E-state index contributed by atoms with van der Waals surface area (Å²) in [6, 6.07) is 0. The van der Waals surface area contributed by atoms with Crippen molar-refractivity contribution in [3.05, 3.63) is 12.7 Å². The lowest BCUT2D eigenvalue weighted by molar-refractivity contribution is 0.560. The molecule has 0 aromatic carbocycles. The van der Waals surface area contributed by atoms with Gasteiger partial charge in [-0.05, 0) is 6.55 Å². The second-order valence-electron chi connectivity index (χ2n) is 1.64. The summed E-state index contributed by atoms with van der Waals surface area (Å²) >= 11 is 0. The van der Waals surface area contributed by atoms with E-state index in [1.165, 1.54) is 0 Å². The molecule has 2 heteroatoms. The normalized spacial score (nSPS) is 12.9. The van der Waals surface area contributed by atoms with Crippen LogP contribution in [0.5, 0.6) is 0 Å². The first-order valence-corrected chi connectivity index (χ1v) is 4.30. The van der Waals surface area contributed by atoms with Gasteiger partial charge >= 0.3 is 0 Å². The maximum Gasteiger partial charge on any atom is 0.280 e. The standard InChI is InChI=1S/C5H10OSi/c1-4-5(2)7(3)6/h4-5H,1H2,2-3H3. The molecule has 1 nitrogen and oxygen atoms in total. The fourth-order valence-electron chi connectivity index (χ4n) is 0.166. The van der Waals surface area contributed by atoms with Gasteiger partial charge in [0, 0.05) is 5.54 Å². The molecule has 0 aromatic rings. The summed E-state index contributed by atoms with van der Waals surface area (Å²) in [6.45, 7) is 7.17. The second kappa shape index (κ2) is 2.85. The van der Waals surface area contributed by atoms with E-state index in [-0.39, 0.29) is 5.54 Å². The van der Waals surface area contributed by atoms with Gasteiger partial charge in [-0.3, -0.25) is 0 Å². The van der Waals surface area contributed by atoms with Gasteiger partial charge in [-0.15, -0.1) is 6.58 Å². The molecule has 0 rings (SSSR count). The number of hydrogen-bond acceptors (Lipinski definition) is 1. The van der Waals surface area contributed by atoms with Crippen LogP contribution in [-0.2, 0) is 4.46 Å². The molecular formula is C5H10OSi. The van der Waals surface area contributed by atoms with Crippen molar-refractivity contribution in [1.29, 1.82) is 0 Å². The average molecular weight is 114 g/mol. The SMILES string of the molecule is C=CC(C)[Si](C)=O. The number of allylic oxidation sites excluding steroid dienone is 1. The van der Waals surface area contributed by atoms with Crippen LogP contribution in [0.1, 0.15) is 6.92 Å². The third kappa shape index (κ3) is 2.45. The smallest absolute Gasteiger partial charge is 0.280 e. The molecule has 0 radical (unpaired) electrons. The van der Waals surface area contributed by atoms with Crippen molar-refractivity contribution in [2.24, 2.45) is 0 Å². The lowest BCUT2D eigenvalue weighted by atomic mass is 10.5. The average Bonchev–Trinajstić information content (AvgIpc) is 1.65. The summed E-state index contributed by atoms with van der Waals surface area (Å²) in [5.74, 6) is 0. The van der Waals surface area contributed by atoms with Crippen molar-refractivity contribution >= 4 is 8.68 Å². The minimum absolute atomic E-state index is 0.213. The molecule has 0 bridgehead atoms. The van der Waals surface area contributed by atoms with E-state index in [4.69, 9.17) is 0 Å². The lowest BCUT2D eigenvalue weighted by Gasteiger charge is -1.91. The molecule has 0 aliphatic rings. The van der Waals surface area contributed by atoms with Crippen LogP contribution in [0.4, 0.5) is 0 Å². The van der Waals surface area contributed by atoms with Gasteiger partial charge in [0.2, 0.25) is 0 Å². The summed E-state index contributed by atoms with van der Waals surface area (Å²) in [5.41, 5.74) is 0.213. The van der Waals surface area contributed by atoms with E-state index in [1.807, 2.05) is 6.92 Å². The fourth-order valence-corrected chi connectivity index (χ4v) is 0.498. The van der Waals surface area contributed by atoms with Crippen molar-refractivity contribution in [2.45, 2.75) is 19.0 Å². The molecule has 0 aliphatic heterocycles. The number of rotatable bonds is 2. The maximum absolute atomic E-state index is 10.5. The van der Waals surface area contributed by atoms with E-state index in [0.717, 1.165) is 0 Å². The van der Waals surface area contributed by atoms with Gasteiger partial charge in [-0.25, -0.2) is 0 Å². The zero-order valence-electron chi connectivity index (χ0n) is 4.77.